The van der Waals surface area contributed by atoms with E-state index in [0.717, 1.165) is 37.7 Å². The summed E-state index contributed by atoms with van der Waals surface area (Å²) >= 11 is 0. The molecule has 4 saturated carbocycles. The predicted molar refractivity (Wildman–Crippen MR) is 133 cm³/mol. The Morgan fingerprint density at radius 3 is 2.21 bits per heavy atom. The Morgan fingerprint density at radius 2 is 1.58 bits per heavy atom. The van der Waals surface area contributed by atoms with Gasteiger partial charge in [-0.15, -0.1) is 0 Å². The molecule has 0 aromatic rings. The molecule has 0 radical (unpaired) electrons. The number of allylic oxidation sites excluding steroid dienone is 1. The molecule has 33 heavy (non-hydrogen) atoms. The average Bonchev–Trinajstić information content (AvgIpc) is 3.04. The zero-order valence-corrected chi connectivity index (χ0v) is 22.3. The van der Waals surface area contributed by atoms with E-state index in [9.17, 15) is 15.0 Å². The predicted octanol–water partition coefficient (Wildman–Crippen LogP) is 6.32. The smallest absolute Gasteiger partial charge is 0.160 e. The SMILES string of the molecule is CC(C)C1=C2C3CCC4C5(C)CCC(O)C(C)(C)C5CCC4(C)C3(C)CC[C@@]2(CO)CC1=O. The van der Waals surface area contributed by atoms with Gasteiger partial charge in [-0.3, -0.25) is 4.79 Å². The van der Waals surface area contributed by atoms with Crippen molar-refractivity contribution in [1.29, 1.82) is 0 Å². The molecule has 3 nitrogen and oxygen atoms in total. The minimum absolute atomic E-state index is 0.0180. The summed E-state index contributed by atoms with van der Waals surface area (Å²) in [5.74, 6) is 2.21. The van der Waals surface area contributed by atoms with Gasteiger partial charge in [0.25, 0.3) is 0 Å². The average molecular weight is 457 g/mol. The second-order valence-corrected chi connectivity index (χ2v) is 14.5. The Hall–Kier alpha value is -0.670. The van der Waals surface area contributed by atoms with E-state index < -0.39 is 0 Å². The lowest BCUT2D eigenvalue weighted by atomic mass is 9.33. The normalized spacial score (nSPS) is 51.2. The molecule has 0 bridgehead atoms. The van der Waals surface area contributed by atoms with Gasteiger partial charge in [-0.1, -0.05) is 54.0 Å². The molecule has 4 fully saturated rings. The maximum atomic E-state index is 13.2. The van der Waals surface area contributed by atoms with Crippen LogP contribution in [0.4, 0.5) is 0 Å². The number of ketones is 1. The van der Waals surface area contributed by atoms with Crippen LogP contribution in [0.3, 0.4) is 0 Å². The molecule has 0 heterocycles. The molecular weight excluding hydrogens is 408 g/mol. The first kappa shape index (κ1) is 24.0. The zero-order valence-electron chi connectivity index (χ0n) is 22.3. The van der Waals surface area contributed by atoms with Crippen molar-refractivity contribution in [3.8, 4) is 0 Å². The fourth-order valence-corrected chi connectivity index (χ4v) is 10.9. The molecule has 5 aliphatic rings. The van der Waals surface area contributed by atoms with Crippen LogP contribution in [0.15, 0.2) is 11.1 Å². The highest BCUT2D eigenvalue weighted by atomic mass is 16.3. The van der Waals surface area contributed by atoms with Gasteiger partial charge in [0, 0.05) is 11.8 Å². The number of carbonyl (C=O) groups excluding carboxylic acids is 1. The number of rotatable bonds is 2. The van der Waals surface area contributed by atoms with Crippen molar-refractivity contribution < 1.29 is 15.0 Å². The molecule has 0 amide bonds. The van der Waals surface area contributed by atoms with E-state index in [4.69, 9.17) is 0 Å². The van der Waals surface area contributed by atoms with E-state index in [1.54, 1.807) is 0 Å². The molecule has 5 aliphatic carbocycles. The molecule has 8 atom stereocenters. The molecule has 0 aromatic carbocycles. The number of Topliss-reactive ketones (excluding diaryl/α,β-unsaturated/α-hetero) is 1. The van der Waals surface area contributed by atoms with Crippen molar-refractivity contribution in [2.75, 3.05) is 6.61 Å². The summed E-state index contributed by atoms with van der Waals surface area (Å²) in [6.45, 7) is 16.8. The molecule has 0 spiro atoms. The van der Waals surface area contributed by atoms with Crippen LogP contribution in [0.2, 0.25) is 0 Å². The summed E-state index contributed by atoms with van der Waals surface area (Å²) in [6, 6.07) is 0. The van der Waals surface area contributed by atoms with E-state index in [-0.39, 0.29) is 45.7 Å². The summed E-state index contributed by atoms with van der Waals surface area (Å²) in [5.41, 5.74) is 2.83. The third-order valence-electron chi connectivity index (χ3n) is 12.9. The second kappa shape index (κ2) is 7.19. The van der Waals surface area contributed by atoms with Crippen molar-refractivity contribution in [1.82, 2.24) is 0 Å². The largest absolute Gasteiger partial charge is 0.395 e. The highest BCUT2D eigenvalue weighted by Crippen LogP contribution is 2.76. The van der Waals surface area contributed by atoms with E-state index in [1.165, 1.54) is 24.8 Å². The van der Waals surface area contributed by atoms with Gasteiger partial charge < -0.3 is 10.2 Å². The van der Waals surface area contributed by atoms with Crippen LogP contribution in [0.25, 0.3) is 0 Å². The lowest BCUT2D eigenvalue weighted by molar-refractivity contribution is -0.229. The monoisotopic (exact) mass is 456 g/mol. The highest BCUT2D eigenvalue weighted by molar-refractivity contribution is 6.00. The first-order chi connectivity index (χ1) is 15.3. The molecular formula is C30H48O3. The molecule has 7 unspecified atom stereocenters. The Kier molecular flexibility index (Phi) is 5.24. The zero-order chi connectivity index (χ0) is 24.2. The Bertz CT molecular complexity index is 885. The third-order valence-corrected chi connectivity index (χ3v) is 12.9. The topological polar surface area (TPSA) is 57.5 Å². The molecule has 186 valence electrons. The third kappa shape index (κ3) is 2.79. The first-order valence-electron chi connectivity index (χ1n) is 13.9. The summed E-state index contributed by atoms with van der Waals surface area (Å²) in [4.78, 5) is 13.2. The summed E-state index contributed by atoms with van der Waals surface area (Å²) < 4.78 is 0. The number of hydrogen-bond donors (Lipinski definition) is 2. The molecule has 0 aromatic heterocycles. The van der Waals surface area contributed by atoms with Crippen molar-refractivity contribution >= 4 is 5.78 Å². The van der Waals surface area contributed by atoms with Crippen LogP contribution in [0.1, 0.15) is 106 Å². The van der Waals surface area contributed by atoms with Gasteiger partial charge in [0.05, 0.1) is 12.7 Å². The number of aliphatic hydroxyl groups excluding tert-OH is 2. The van der Waals surface area contributed by atoms with E-state index in [1.807, 2.05) is 0 Å². The fourth-order valence-electron chi connectivity index (χ4n) is 10.9. The van der Waals surface area contributed by atoms with Crippen molar-refractivity contribution in [3.63, 3.8) is 0 Å². The van der Waals surface area contributed by atoms with Crippen LogP contribution in [0, 0.1) is 50.7 Å². The van der Waals surface area contributed by atoms with E-state index in [0.29, 0.717) is 30.0 Å². The molecule has 3 heteroatoms. The second-order valence-electron chi connectivity index (χ2n) is 14.5. The standard InChI is InChI=1S/C30H48O3/c1-18(2)24-20(32)16-30(17-31)15-14-28(6)19(25(24)30)8-9-22-27(5)12-11-23(33)26(3,4)21(27)10-13-29(22,28)7/h18-19,21-23,31,33H,8-17H2,1-7H3/t19?,21?,22?,23?,27?,28?,29?,30-/m0/s1. The van der Waals surface area contributed by atoms with Gasteiger partial charge in [0.15, 0.2) is 5.78 Å². The van der Waals surface area contributed by atoms with Gasteiger partial charge in [0.1, 0.15) is 0 Å². The van der Waals surface area contributed by atoms with Gasteiger partial charge >= 0.3 is 0 Å². The van der Waals surface area contributed by atoms with Crippen LogP contribution in [-0.2, 0) is 4.79 Å². The van der Waals surface area contributed by atoms with E-state index in [2.05, 4.69) is 48.5 Å². The van der Waals surface area contributed by atoms with Crippen molar-refractivity contribution in [2.45, 2.75) is 112 Å². The minimum atomic E-state index is -0.290. The van der Waals surface area contributed by atoms with Crippen LogP contribution < -0.4 is 0 Å². The lowest BCUT2D eigenvalue weighted by Gasteiger charge is -2.72. The first-order valence-corrected chi connectivity index (χ1v) is 13.9. The van der Waals surface area contributed by atoms with Gasteiger partial charge in [0.2, 0.25) is 0 Å². The quantitative estimate of drug-likeness (QED) is 0.511. The summed E-state index contributed by atoms with van der Waals surface area (Å²) in [7, 11) is 0. The molecule has 2 N–H and O–H groups in total. The molecule has 5 rings (SSSR count). The number of carbonyl (C=O) groups is 1. The van der Waals surface area contributed by atoms with Gasteiger partial charge in [-0.05, 0) is 102 Å². The maximum Gasteiger partial charge on any atom is 0.160 e. The van der Waals surface area contributed by atoms with Crippen molar-refractivity contribution in [2.24, 2.45) is 50.7 Å². The summed E-state index contributed by atoms with van der Waals surface area (Å²) in [6.07, 6.45) is 9.31. The minimum Gasteiger partial charge on any atom is -0.395 e. The number of fused-ring (bicyclic) bond motifs is 7. The van der Waals surface area contributed by atoms with Gasteiger partial charge in [-0.25, -0.2) is 0 Å². The Morgan fingerprint density at radius 1 is 0.879 bits per heavy atom. The molecule has 0 saturated heterocycles. The summed E-state index contributed by atoms with van der Waals surface area (Å²) in [5, 5.41) is 21.5. The van der Waals surface area contributed by atoms with Crippen LogP contribution in [-0.4, -0.2) is 28.7 Å². The van der Waals surface area contributed by atoms with Gasteiger partial charge in [-0.2, -0.15) is 0 Å². The fraction of sp³-hybridized carbons (Fsp3) is 0.900. The molecule has 0 aliphatic heterocycles. The lowest BCUT2D eigenvalue weighted by Crippen LogP contribution is -2.65. The Balaban J connectivity index is 1.60. The van der Waals surface area contributed by atoms with Crippen LogP contribution >= 0.6 is 0 Å². The van der Waals surface area contributed by atoms with Crippen molar-refractivity contribution in [3.05, 3.63) is 11.1 Å². The Labute approximate surface area is 201 Å². The maximum absolute atomic E-state index is 13.2. The highest BCUT2D eigenvalue weighted by Gasteiger charge is 2.69. The number of hydrogen-bond acceptors (Lipinski definition) is 3. The van der Waals surface area contributed by atoms with Crippen LogP contribution in [0.5, 0.6) is 0 Å². The van der Waals surface area contributed by atoms with E-state index >= 15 is 0 Å². The number of aliphatic hydroxyl groups is 2.